The van der Waals surface area contributed by atoms with Crippen LogP contribution >= 0.6 is 0 Å². The molecule has 160 valence electrons. The van der Waals surface area contributed by atoms with Gasteiger partial charge in [0.1, 0.15) is 19.0 Å². The van der Waals surface area contributed by atoms with E-state index in [-0.39, 0.29) is 23.9 Å². The van der Waals surface area contributed by atoms with Crippen molar-refractivity contribution in [2.24, 2.45) is 0 Å². The molecule has 29 heavy (non-hydrogen) atoms. The molecule has 2 aromatic rings. The van der Waals surface area contributed by atoms with Crippen molar-refractivity contribution < 1.29 is 23.8 Å². The molecule has 1 aliphatic heterocycles. The molecule has 2 atom stereocenters. The SMILES string of the molecule is CC(Cn1ncc2ccc3c(c21)CC(OCC(=O)O)CO3)O[Si](C)(C)C(C)(C)C. The van der Waals surface area contributed by atoms with E-state index in [0.717, 1.165) is 22.2 Å². The minimum absolute atomic E-state index is 0.0263. The predicted octanol–water partition coefficient (Wildman–Crippen LogP) is 3.85. The first-order valence-corrected chi connectivity index (χ1v) is 13.0. The molecule has 0 fully saturated rings. The Morgan fingerprint density at radius 3 is 2.79 bits per heavy atom. The number of carbonyl (C=O) groups is 1. The summed E-state index contributed by atoms with van der Waals surface area (Å²) in [7, 11) is -1.87. The Labute approximate surface area is 173 Å². The third kappa shape index (κ3) is 4.82. The van der Waals surface area contributed by atoms with E-state index in [2.05, 4.69) is 45.9 Å². The molecule has 0 saturated heterocycles. The van der Waals surface area contributed by atoms with Crippen LogP contribution in [0.3, 0.4) is 0 Å². The fourth-order valence-electron chi connectivity index (χ4n) is 3.43. The van der Waals surface area contributed by atoms with Crippen LogP contribution in [-0.2, 0) is 26.9 Å². The summed E-state index contributed by atoms with van der Waals surface area (Å²) in [6.07, 6.45) is 2.20. The Kier molecular flexibility index (Phi) is 6.07. The molecule has 0 saturated carbocycles. The minimum atomic E-state index is -1.87. The zero-order chi connectivity index (χ0) is 21.4. The lowest BCUT2D eigenvalue weighted by Crippen LogP contribution is -2.44. The number of fused-ring (bicyclic) bond motifs is 3. The van der Waals surface area contributed by atoms with Gasteiger partial charge in [-0.1, -0.05) is 20.8 Å². The van der Waals surface area contributed by atoms with Gasteiger partial charge in [0.05, 0.1) is 30.5 Å². The van der Waals surface area contributed by atoms with Gasteiger partial charge < -0.3 is 19.0 Å². The second-order valence-electron chi connectivity index (χ2n) is 9.34. The topological polar surface area (TPSA) is 82.8 Å². The number of aromatic nitrogens is 2. The number of ether oxygens (including phenoxy) is 2. The summed E-state index contributed by atoms with van der Waals surface area (Å²) in [6.45, 7) is 14.0. The highest BCUT2D eigenvalue weighted by Gasteiger charge is 2.38. The van der Waals surface area contributed by atoms with E-state index >= 15 is 0 Å². The maximum atomic E-state index is 10.8. The highest BCUT2D eigenvalue weighted by atomic mass is 28.4. The number of nitrogens with zero attached hydrogens (tertiary/aromatic N) is 2. The first-order valence-electron chi connectivity index (χ1n) is 10.1. The van der Waals surface area contributed by atoms with Crippen molar-refractivity contribution >= 4 is 25.2 Å². The Balaban J connectivity index is 1.83. The molecular formula is C21H32N2O5Si. The molecule has 2 heterocycles. The van der Waals surface area contributed by atoms with Gasteiger partial charge in [0.15, 0.2) is 8.32 Å². The van der Waals surface area contributed by atoms with Crippen molar-refractivity contribution in [3.8, 4) is 5.75 Å². The summed E-state index contributed by atoms with van der Waals surface area (Å²) in [5.74, 6) is -0.164. The van der Waals surface area contributed by atoms with Crippen LogP contribution in [-0.4, -0.2) is 54.6 Å². The van der Waals surface area contributed by atoms with Gasteiger partial charge in [-0.3, -0.25) is 4.68 Å². The summed E-state index contributed by atoms with van der Waals surface area (Å²) in [4.78, 5) is 10.8. The Morgan fingerprint density at radius 1 is 1.41 bits per heavy atom. The Morgan fingerprint density at radius 2 is 2.14 bits per heavy atom. The molecule has 0 aliphatic carbocycles. The molecule has 0 bridgehead atoms. The smallest absolute Gasteiger partial charge is 0.329 e. The first-order chi connectivity index (χ1) is 13.5. The van der Waals surface area contributed by atoms with Gasteiger partial charge in [-0.2, -0.15) is 5.10 Å². The average Bonchev–Trinajstić information content (AvgIpc) is 3.01. The molecular weight excluding hydrogens is 388 g/mol. The Bertz CT molecular complexity index is 887. The van der Waals surface area contributed by atoms with Crippen LogP contribution in [0.2, 0.25) is 18.1 Å². The highest BCUT2D eigenvalue weighted by molar-refractivity contribution is 6.74. The largest absolute Gasteiger partial charge is 0.491 e. The van der Waals surface area contributed by atoms with Crippen molar-refractivity contribution in [1.82, 2.24) is 9.78 Å². The van der Waals surface area contributed by atoms with Crippen LogP contribution in [0.25, 0.3) is 10.9 Å². The van der Waals surface area contributed by atoms with Crippen molar-refractivity contribution in [3.63, 3.8) is 0 Å². The van der Waals surface area contributed by atoms with Gasteiger partial charge in [0.2, 0.25) is 0 Å². The third-order valence-electron chi connectivity index (χ3n) is 5.90. The fraction of sp³-hybridized carbons (Fsp3) is 0.619. The maximum absolute atomic E-state index is 10.8. The molecule has 1 aromatic carbocycles. The first kappa shape index (κ1) is 21.8. The third-order valence-corrected chi connectivity index (χ3v) is 10.5. The molecule has 0 radical (unpaired) electrons. The molecule has 7 nitrogen and oxygen atoms in total. The van der Waals surface area contributed by atoms with E-state index < -0.39 is 14.3 Å². The van der Waals surface area contributed by atoms with Gasteiger partial charge >= 0.3 is 5.97 Å². The van der Waals surface area contributed by atoms with Crippen molar-refractivity contribution in [2.75, 3.05) is 13.2 Å². The van der Waals surface area contributed by atoms with E-state index in [9.17, 15) is 4.79 Å². The second kappa shape index (κ2) is 8.08. The quantitative estimate of drug-likeness (QED) is 0.685. The van der Waals surface area contributed by atoms with E-state index in [1.807, 2.05) is 23.0 Å². The molecule has 1 aromatic heterocycles. The lowest BCUT2D eigenvalue weighted by molar-refractivity contribution is -0.145. The summed E-state index contributed by atoms with van der Waals surface area (Å²) < 4.78 is 19.8. The van der Waals surface area contributed by atoms with Gasteiger partial charge in [0.25, 0.3) is 0 Å². The number of hydrogen-bond acceptors (Lipinski definition) is 5. The molecule has 1 N–H and O–H groups in total. The summed E-state index contributed by atoms with van der Waals surface area (Å²) in [6, 6.07) is 3.96. The van der Waals surface area contributed by atoms with Crippen LogP contribution in [0.4, 0.5) is 0 Å². The van der Waals surface area contributed by atoms with Crippen molar-refractivity contribution in [1.29, 1.82) is 0 Å². The summed E-state index contributed by atoms with van der Waals surface area (Å²) >= 11 is 0. The second-order valence-corrected chi connectivity index (χ2v) is 14.1. The van der Waals surface area contributed by atoms with Gasteiger partial charge in [0, 0.05) is 17.4 Å². The zero-order valence-corrected chi connectivity index (χ0v) is 19.2. The Hall–Kier alpha value is -1.90. The van der Waals surface area contributed by atoms with Gasteiger partial charge in [-0.05, 0) is 37.2 Å². The normalized spacial score (nSPS) is 18.3. The number of hydrogen-bond donors (Lipinski definition) is 1. The van der Waals surface area contributed by atoms with Crippen LogP contribution < -0.4 is 4.74 Å². The highest BCUT2D eigenvalue weighted by Crippen LogP contribution is 2.38. The number of carboxylic acid groups (broad SMARTS) is 1. The molecule has 3 rings (SSSR count). The molecule has 0 amide bonds. The van der Waals surface area contributed by atoms with Crippen LogP contribution in [0.1, 0.15) is 33.3 Å². The molecule has 8 heteroatoms. The van der Waals surface area contributed by atoms with Crippen molar-refractivity contribution in [2.45, 2.75) is 71.0 Å². The number of benzene rings is 1. The van der Waals surface area contributed by atoms with Crippen LogP contribution in [0, 0.1) is 0 Å². The average molecular weight is 421 g/mol. The fourth-order valence-corrected chi connectivity index (χ4v) is 4.87. The van der Waals surface area contributed by atoms with E-state index in [1.54, 1.807) is 0 Å². The minimum Gasteiger partial charge on any atom is -0.491 e. The standard InChI is InChI=1S/C21H32N2O5Si/c1-14(28-29(5,6)21(2,3)4)11-23-20-15(10-22-23)7-8-18-17(20)9-16(12-27-18)26-13-19(24)25/h7-8,10,14,16H,9,11-13H2,1-6H3,(H,24,25). The number of rotatable bonds is 7. The van der Waals surface area contributed by atoms with Crippen molar-refractivity contribution in [3.05, 3.63) is 23.9 Å². The monoisotopic (exact) mass is 420 g/mol. The number of aliphatic carboxylic acids is 1. The zero-order valence-electron chi connectivity index (χ0n) is 18.2. The van der Waals surface area contributed by atoms with E-state index in [0.29, 0.717) is 19.6 Å². The predicted molar refractivity (Wildman–Crippen MR) is 114 cm³/mol. The van der Waals surface area contributed by atoms with Crippen LogP contribution in [0.5, 0.6) is 5.75 Å². The van der Waals surface area contributed by atoms with E-state index in [4.69, 9.17) is 19.0 Å². The van der Waals surface area contributed by atoms with Gasteiger partial charge in [-0.25, -0.2) is 4.79 Å². The van der Waals surface area contributed by atoms with E-state index in [1.165, 1.54) is 0 Å². The van der Waals surface area contributed by atoms with Gasteiger partial charge in [-0.15, -0.1) is 0 Å². The molecule has 1 aliphatic rings. The lowest BCUT2D eigenvalue weighted by Gasteiger charge is -2.38. The van der Waals surface area contributed by atoms with Crippen LogP contribution in [0.15, 0.2) is 18.3 Å². The molecule has 0 spiro atoms. The lowest BCUT2D eigenvalue weighted by atomic mass is 10.0. The summed E-state index contributed by atoms with van der Waals surface area (Å²) in [5, 5.41) is 14.7. The maximum Gasteiger partial charge on any atom is 0.329 e. The molecule has 2 unspecified atom stereocenters. The number of carboxylic acids is 1. The summed E-state index contributed by atoms with van der Waals surface area (Å²) in [5.41, 5.74) is 2.03.